The Morgan fingerprint density at radius 2 is 2.33 bits per heavy atom. The summed E-state index contributed by atoms with van der Waals surface area (Å²) >= 11 is 5.67. The molecule has 1 aliphatic heterocycles. The Kier molecular flexibility index (Phi) is 4.04. The first-order valence-corrected chi connectivity index (χ1v) is 6.37. The maximum atomic E-state index is 11.1. The van der Waals surface area contributed by atoms with E-state index in [1.54, 1.807) is 11.6 Å². The van der Waals surface area contributed by atoms with Crippen molar-refractivity contribution in [1.29, 1.82) is 0 Å². The van der Waals surface area contributed by atoms with E-state index in [0.717, 1.165) is 42.8 Å². The fraction of sp³-hybridized carbons (Fsp3) is 0.357. The highest BCUT2D eigenvalue weighted by molar-refractivity contribution is 6.25. The van der Waals surface area contributed by atoms with Crippen LogP contribution < -0.4 is 0 Å². The molecule has 0 aromatic heterocycles. The lowest BCUT2D eigenvalue weighted by Crippen LogP contribution is -2.32. The van der Waals surface area contributed by atoms with Crippen molar-refractivity contribution in [3.05, 3.63) is 46.0 Å². The Labute approximate surface area is 112 Å². The smallest absolute Gasteiger partial charge is 0.335 e. The van der Waals surface area contributed by atoms with Crippen LogP contribution in [0.5, 0.6) is 0 Å². The zero-order chi connectivity index (χ0) is 13.1. The lowest BCUT2D eigenvalue weighted by atomic mass is 9.94. The minimum atomic E-state index is -0.836. The first-order chi connectivity index (χ1) is 8.61. The Bertz CT molecular complexity index is 497. The molecular formula is C14H16ClNO2. The van der Waals surface area contributed by atoms with Crippen molar-refractivity contribution in [1.82, 2.24) is 4.90 Å². The summed E-state index contributed by atoms with van der Waals surface area (Å²) in [5, 5.41) is 9.15. The van der Waals surface area contributed by atoms with Crippen LogP contribution in [0.25, 0.3) is 0 Å². The van der Waals surface area contributed by atoms with E-state index in [1.807, 2.05) is 19.1 Å². The largest absolute Gasteiger partial charge is 0.478 e. The van der Waals surface area contributed by atoms with E-state index in [1.165, 1.54) is 0 Å². The summed E-state index contributed by atoms with van der Waals surface area (Å²) in [7, 11) is 0. The van der Waals surface area contributed by atoms with Gasteiger partial charge in [-0.05, 0) is 36.1 Å². The van der Waals surface area contributed by atoms with Crippen molar-refractivity contribution >= 4 is 17.6 Å². The molecule has 1 heterocycles. The average Bonchev–Trinajstić information content (AvgIpc) is 2.37. The molecule has 2 rings (SSSR count). The van der Waals surface area contributed by atoms with Gasteiger partial charge < -0.3 is 5.11 Å². The molecule has 0 saturated carbocycles. The van der Waals surface area contributed by atoms with Crippen LogP contribution in [0.1, 0.15) is 28.4 Å². The number of hydrogen-bond donors (Lipinski definition) is 1. The molecule has 96 valence electrons. The third-order valence-corrected chi connectivity index (χ3v) is 3.61. The number of carboxylic acid groups (broad SMARTS) is 1. The van der Waals surface area contributed by atoms with Crippen molar-refractivity contribution < 1.29 is 9.90 Å². The van der Waals surface area contributed by atoms with Crippen LogP contribution in [0.4, 0.5) is 0 Å². The monoisotopic (exact) mass is 265 g/mol. The van der Waals surface area contributed by atoms with E-state index in [4.69, 9.17) is 16.7 Å². The normalized spacial score (nSPS) is 16.4. The quantitative estimate of drug-likeness (QED) is 0.914. The standard InChI is InChI=1S/C14H16ClNO2/c1-10(7-15)8-16-6-5-12-11(9-16)3-2-4-13(12)14(17)18/h2-4,7H,5-6,8-9H2,1H3,(H,17,18)/b10-7-. The lowest BCUT2D eigenvalue weighted by molar-refractivity contribution is 0.0694. The molecule has 0 atom stereocenters. The Morgan fingerprint density at radius 1 is 1.56 bits per heavy atom. The number of carbonyl (C=O) groups is 1. The highest BCUT2D eigenvalue weighted by Crippen LogP contribution is 2.23. The predicted octanol–water partition coefficient (Wildman–Crippen LogP) is 2.89. The topological polar surface area (TPSA) is 40.5 Å². The summed E-state index contributed by atoms with van der Waals surface area (Å²) < 4.78 is 0. The van der Waals surface area contributed by atoms with Gasteiger partial charge in [-0.2, -0.15) is 0 Å². The summed E-state index contributed by atoms with van der Waals surface area (Å²) in [5.74, 6) is -0.836. The molecule has 0 unspecified atom stereocenters. The van der Waals surface area contributed by atoms with Gasteiger partial charge in [0.25, 0.3) is 0 Å². The van der Waals surface area contributed by atoms with Crippen LogP contribution in [0, 0.1) is 0 Å². The second kappa shape index (κ2) is 5.55. The van der Waals surface area contributed by atoms with Gasteiger partial charge in [0, 0.05) is 25.2 Å². The van der Waals surface area contributed by atoms with Gasteiger partial charge in [-0.3, -0.25) is 4.90 Å². The van der Waals surface area contributed by atoms with Crippen molar-refractivity contribution in [3.8, 4) is 0 Å². The van der Waals surface area contributed by atoms with E-state index < -0.39 is 5.97 Å². The molecule has 0 spiro atoms. The Morgan fingerprint density at radius 3 is 3.00 bits per heavy atom. The molecule has 1 aliphatic rings. The first kappa shape index (κ1) is 13.1. The van der Waals surface area contributed by atoms with Crippen LogP contribution >= 0.6 is 11.6 Å². The van der Waals surface area contributed by atoms with Gasteiger partial charge >= 0.3 is 5.97 Å². The second-order valence-electron chi connectivity index (χ2n) is 4.66. The number of halogens is 1. The third-order valence-electron chi connectivity index (χ3n) is 3.23. The molecule has 3 nitrogen and oxygen atoms in total. The van der Waals surface area contributed by atoms with Crippen molar-refractivity contribution in [3.63, 3.8) is 0 Å². The zero-order valence-electron chi connectivity index (χ0n) is 10.3. The molecule has 18 heavy (non-hydrogen) atoms. The first-order valence-electron chi connectivity index (χ1n) is 5.94. The van der Waals surface area contributed by atoms with Gasteiger partial charge in [0.2, 0.25) is 0 Å². The number of aromatic carboxylic acids is 1. The number of rotatable bonds is 3. The van der Waals surface area contributed by atoms with Crippen molar-refractivity contribution in [2.75, 3.05) is 13.1 Å². The molecule has 0 fully saturated rings. The van der Waals surface area contributed by atoms with Gasteiger partial charge in [-0.25, -0.2) is 4.79 Å². The van der Waals surface area contributed by atoms with Crippen molar-refractivity contribution in [2.24, 2.45) is 0 Å². The predicted molar refractivity (Wildman–Crippen MR) is 72.0 cm³/mol. The molecule has 0 saturated heterocycles. The fourth-order valence-corrected chi connectivity index (χ4v) is 2.46. The van der Waals surface area contributed by atoms with Gasteiger partial charge in [0.05, 0.1) is 5.56 Å². The number of hydrogen-bond acceptors (Lipinski definition) is 2. The van der Waals surface area contributed by atoms with Gasteiger partial charge in [-0.1, -0.05) is 23.7 Å². The highest BCUT2D eigenvalue weighted by atomic mass is 35.5. The fourth-order valence-electron chi connectivity index (χ4n) is 2.39. The molecule has 4 heteroatoms. The lowest BCUT2D eigenvalue weighted by Gasteiger charge is -2.29. The number of benzene rings is 1. The maximum absolute atomic E-state index is 11.1. The number of carboxylic acids is 1. The zero-order valence-corrected chi connectivity index (χ0v) is 11.1. The van der Waals surface area contributed by atoms with E-state index >= 15 is 0 Å². The van der Waals surface area contributed by atoms with Crippen LogP contribution in [0.15, 0.2) is 29.3 Å². The van der Waals surface area contributed by atoms with Crippen LogP contribution in [-0.2, 0) is 13.0 Å². The Hall–Kier alpha value is -1.32. The van der Waals surface area contributed by atoms with Crippen LogP contribution in [0.3, 0.4) is 0 Å². The molecule has 0 bridgehead atoms. The molecule has 1 N–H and O–H groups in total. The van der Waals surface area contributed by atoms with Crippen LogP contribution in [-0.4, -0.2) is 29.1 Å². The molecule has 0 amide bonds. The number of nitrogens with zero attached hydrogens (tertiary/aromatic N) is 1. The van der Waals surface area contributed by atoms with E-state index in [9.17, 15) is 4.79 Å². The van der Waals surface area contributed by atoms with E-state index in [2.05, 4.69) is 4.90 Å². The molecular weight excluding hydrogens is 250 g/mol. The van der Waals surface area contributed by atoms with Crippen LogP contribution in [0.2, 0.25) is 0 Å². The summed E-state index contributed by atoms with van der Waals surface area (Å²) in [4.78, 5) is 13.4. The number of fused-ring (bicyclic) bond motifs is 1. The highest BCUT2D eigenvalue weighted by Gasteiger charge is 2.20. The maximum Gasteiger partial charge on any atom is 0.335 e. The third kappa shape index (κ3) is 2.74. The SMILES string of the molecule is C/C(=C/Cl)CN1CCc2c(cccc2C(=O)O)C1. The van der Waals surface area contributed by atoms with E-state index in [0.29, 0.717) is 5.56 Å². The van der Waals surface area contributed by atoms with Crippen molar-refractivity contribution in [2.45, 2.75) is 19.9 Å². The summed E-state index contributed by atoms with van der Waals surface area (Å²) in [6, 6.07) is 5.50. The van der Waals surface area contributed by atoms with Gasteiger partial charge in [0.1, 0.15) is 0 Å². The van der Waals surface area contributed by atoms with E-state index in [-0.39, 0.29) is 0 Å². The summed E-state index contributed by atoms with van der Waals surface area (Å²) in [5.41, 5.74) is 5.26. The van der Waals surface area contributed by atoms with Gasteiger partial charge in [0.15, 0.2) is 0 Å². The Balaban J connectivity index is 2.20. The minimum absolute atomic E-state index is 0.441. The molecule has 0 radical (unpaired) electrons. The molecule has 0 aliphatic carbocycles. The molecule has 1 aromatic carbocycles. The summed E-state index contributed by atoms with van der Waals surface area (Å²) in [6.07, 6.45) is 0.785. The minimum Gasteiger partial charge on any atom is -0.478 e. The summed E-state index contributed by atoms with van der Waals surface area (Å²) in [6.45, 7) is 4.49. The molecule has 1 aromatic rings. The average molecular weight is 266 g/mol. The van der Waals surface area contributed by atoms with Gasteiger partial charge in [-0.15, -0.1) is 0 Å². The second-order valence-corrected chi connectivity index (χ2v) is 4.88.